The topological polar surface area (TPSA) is 6.48 Å². The van der Waals surface area contributed by atoms with Gasteiger partial charge in [-0.2, -0.15) is 0 Å². The van der Waals surface area contributed by atoms with Crippen LogP contribution in [0.15, 0.2) is 48.5 Å². The van der Waals surface area contributed by atoms with Crippen molar-refractivity contribution >= 4 is 38.9 Å². The molecule has 0 amide bonds. The number of alkyl halides is 1. The molecule has 0 saturated carbocycles. The highest BCUT2D eigenvalue weighted by molar-refractivity contribution is 9.08. The van der Waals surface area contributed by atoms with Crippen LogP contribution in [0, 0.1) is 0 Å². The minimum Gasteiger partial charge on any atom is -0.368 e. The summed E-state index contributed by atoms with van der Waals surface area (Å²) in [4.78, 5) is 4.87. The van der Waals surface area contributed by atoms with Gasteiger partial charge in [-0.15, -0.1) is 0 Å². The lowest BCUT2D eigenvalue weighted by atomic mass is 10.1. The molecular weight excluding hydrogens is 348 g/mol. The van der Waals surface area contributed by atoms with Crippen molar-refractivity contribution in [1.29, 1.82) is 0 Å². The number of rotatable bonds is 3. The summed E-state index contributed by atoms with van der Waals surface area (Å²) in [5.74, 6) is 0. The smallest absolute Gasteiger partial charge is 0.0426 e. The van der Waals surface area contributed by atoms with Crippen LogP contribution in [0.4, 0.5) is 11.4 Å². The van der Waals surface area contributed by atoms with Gasteiger partial charge in [0, 0.05) is 47.9 Å². The number of nitrogens with zero attached hydrogens (tertiary/aromatic N) is 2. The standard InChI is InChI=1S/C17H18BrClN2/c18-13-14-6-7-15(19)12-17(14)21-10-8-20(9-11-21)16-4-2-1-3-5-16/h1-7,12H,8-11,13H2. The maximum absolute atomic E-state index is 6.17. The van der Waals surface area contributed by atoms with Gasteiger partial charge in [-0.05, 0) is 29.8 Å². The van der Waals surface area contributed by atoms with Gasteiger partial charge in [-0.25, -0.2) is 0 Å². The van der Waals surface area contributed by atoms with Gasteiger partial charge in [0.2, 0.25) is 0 Å². The first-order chi connectivity index (χ1) is 10.3. The Morgan fingerprint density at radius 2 is 1.57 bits per heavy atom. The first-order valence-corrected chi connectivity index (χ1v) is 8.67. The number of para-hydroxylation sites is 1. The number of piperazine rings is 1. The van der Waals surface area contributed by atoms with Gasteiger partial charge >= 0.3 is 0 Å². The molecular formula is C17H18BrClN2. The van der Waals surface area contributed by atoms with Crippen molar-refractivity contribution in [2.24, 2.45) is 0 Å². The molecule has 0 aliphatic carbocycles. The fourth-order valence-corrected chi connectivity index (χ4v) is 3.43. The van der Waals surface area contributed by atoms with Crippen LogP contribution in [0.1, 0.15) is 5.56 Å². The largest absolute Gasteiger partial charge is 0.368 e. The molecule has 110 valence electrons. The second-order valence-corrected chi connectivity index (χ2v) is 6.21. The average molecular weight is 366 g/mol. The van der Waals surface area contributed by atoms with E-state index in [1.165, 1.54) is 16.9 Å². The Bertz CT molecular complexity index is 595. The highest BCUT2D eigenvalue weighted by Crippen LogP contribution is 2.28. The third-order valence-electron chi connectivity index (χ3n) is 3.93. The van der Waals surface area contributed by atoms with E-state index in [0.717, 1.165) is 36.5 Å². The molecule has 2 aromatic rings. The minimum absolute atomic E-state index is 0.806. The van der Waals surface area contributed by atoms with Gasteiger partial charge in [0.1, 0.15) is 0 Å². The molecule has 1 aliphatic heterocycles. The highest BCUT2D eigenvalue weighted by Gasteiger charge is 2.19. The van der Waals surface area contributed by atoms with E-state index in [-0.39, 0.29) is 0 Å². The zero-order valence-corrected chi connectivity index (χ0v) is 14.1. The Kier molecular flexibility index (Phi) is 4.71. The number of halogens is 2. The Labute approximate surface area is 139 Å². The molecule has 4 heteroatoms. The van der Waals surface area contributed by atoms with Crippen LogP contribution in [0.5, 0.6) is 0 Å². The van der Waals surface area contributed by atoms with Crippen LogP contribution in [0.25, 0.3) is 0 Å². The van der Waals surface area contributed by atoms with Crippen LogP contribution in [0.2, 0.25) is 5.02 Å². The summed E-state index contributed by atoms with van der Waals surface area (Å²) < 4.78 is 0. The molecule has 1 aliphatic rings. The van der Waals surface area contributed by atoms with Gasteiger partial charge in [-0.3, -0.25) is 0 Å². The maximum atomic E-state index is 6.17. The van der Waals surface area contributed by atoms with Crippen molar-refractivity contribution in [1.82, 2.24) is 0 Å². The van der Waals surface area contributed by atoms with Crippen molar-refractivity contribution in [3.8, 4) is 0 Å². The van der Waals surface area contributed by atoms with Crippen LogP contribution >= 0.6 is 27.5 Å². The molecule has 0 atom stereocenters. The monoisotopic (exact) mass is 364 g/mol. The summed E-state index contributed by atoms with van der Waals surface area (Å²) in [6, 6.07) is 16.8. The van der Waals surface area contributed by atoms with E-state index < -0.39 is 0 Å². The van der Waals surface area contributed by atoms with E-state index >= 15 is 0 Å². The highest BCUT2D eigenvalue weighted by atomic mass is 79.9. The van der Waals surface area contributed by atoms with Gasteiger partial charge in [0.25, 0.3) is 0 Å². The molecule has 0 aromatic heterocycles. The van der Waals surface area contributed by atoms with E-state index in [0.29, 0.717) is 0 Å². The van der Waals surface area contributed by atoms with Crippen molar-refractivity contribution in [3.05, 3.63) is 59.1 Å². The lowest BCUT2D eigenvalue weighted by molar-refractivity contribution is 0.652. The van der Waals surface area contributed by atoms with Gasteiger partial charge in [0.15, 0.2) is 0 Å². The predicted molar refractivity (Wildman–Crippen MR) is 95.0 cm³/mol. The molecule has 0 spiro atoms. The first kappa shape index (κ1) is 14.7. The number of anilines is 2. The molecule has 0 bridgehead atoms. The van der Waals surface area contributed by atoms with Crippen LogP contribution < -0.4 is 9.80 Å². The van der Waals surface area contributed by atoms with E-state index in [1.54, 1.807) is 0 Å². The van der Waals surface area contributed by atoms with Gasteiger partial charge in [0.05, 0.1) is 0 Å². The third kappa shape index (κ3) is 3.35. The van der Waals surface area contributed by atoms with E-state index in [2.05, 4.69) is 68.2 Å². The summed E-state index contributed by atoms with van der Waals surface area (Å²) in [5.41, 5.74) is 3.86. The molecule has 21 heavy (non-hydrogen) atoms. The fraction of sp³-hybridized carbons (Fsp3) is 0.294. The normalized spacial score (nSPS) is 15.3. The summed E-state index contributed by atoms with van der Waals surface area (Å²) in [6.07, 6.45) is 0. The lowest BCUT2D eigenvalue weighted by Crippen LogP contribution is -2.46. The summed E-state index contributed by atoms with van der Waals surface area (Å²) in [7, 11) is 0. The van der Waals surface area contributed by atoms with Crippen molar-refractivity contribution in [2.45, 2.75) is 5.33 Å². The maximum Gasteiger partial charge on any atom is 0.0426 e. The van der Waals surface area contributed by atoms with E-state index in [4.69, 9.17) is 11.6 Å². The number of benzene rings is 2. The zero-order valence-electron chi connectivity index (χ0n) is 11.8. The van der Waals surface area contributed by atoms with E-state index in [1.807, 2.05) is 6.07 Å². The lowest BCUT2D eigenvalue weighted by Gasteiger charge is -2.38. The summed E-state index contributed by atoms with van der Waals surface area (Å²) >= 11 is 9.73. The van der Waals surface area contributed by atoms with Gasteiger partial charge < -0.3 is 9.80 Å². The molecule has 1 saturated heterocycles. The van der Waals surface area contributed by atoms with Crippen LogP contribution in [0.3, 0.4) is 0 Å². The fourth-order valence-electron chi connectivity index (χ4n) is 2.79. The zero-order chi connectivity index (χ0) is 14.7. The Hall–Kier alpha value is -1.19. The van der Waals surface area contributed by atoms with Crippen LogP contribution in [-0.4, -0.2) is 26.2 Å². The quantitative estimate of drug-likeness (QED) is 0.736. The van der Waals surface area contributed by atoms with Crippen molar-refractivity contribution < 1.29 is 0 Å². The molecule has 3 rings (SSSR count). The van der Waals surface area contributed by atoms with Gasteiger partial charge in [-0.1, -0.05) is 51.8 Å². The van der Waals surface area contributed by atoms with E-state index in [9.17, 15) is 0 Å². The molecule has 2 aromatic carbocycles. The second-order valence-electron chi connectivity index (χ2n) is 5.22. The SMILES string of the molecule is Clc1ccc(CBr)c(N2CCN(c3ccccc3)CC2)c1. The molecule has 0 radical (unpaired) electrons. The summed E-state index contributed by atoms with van der Waals surface area (Å²) in [6.45, 7) is 4.13. The summed E-state index contributed by atoms with van der Waals surface area (Å²) in [5, 5.41) is 1.67. The number of hydrogen-bond donors (Lipinski definition) is 0. The van der Waals surface area contributed by atoms with Crippen LogP contribution in [-0.2, 0) is 5.33 Å². The average Bonchev–Trinajstić information content (AvgIpc) is 2.56. The minimum atomic E-state index is 0.806. The molecule has 0 N–H and O–H groups in total. The third-order valence-corrected chi connectivity index (χ3v) is 4.77. The number of hydrogen-bond acceptors (Lipinski definition) is 2. The Morgan fingerprint density at radius 3 is 2.24 bits per heavy atom. The van der Waals surface area contributed by atoms with Crippen molar-refractivity contribution in [3.63, 3.8) is 0 Å². The molecule has 1 fully saturated rings. The molecule has 1 heterocycles. The molecule has 0 unspecified atom stereocenters. The Morgan fingerprint density at radius 1 is 0.905 bits per heavy atom. The predicted octanol–water partition coefficient (Wildman–Crippen LogP) is 4.56. The molecule has 2 nitrogen and oxygen atoms in total. The van der Waals surface area contributed by atoms with Crippen molar-refractivity contribution in [2.75, 3.05) is 36.0 Å². The Balaban J connectivity index is 1.73. The second kappa shape index (κ2) is 6.71. The first-order valence-electron chi connectivity index (χ1n) is 7.17.